The zero-order chi connectivity index (χ0) is 15.8. The highest BCUT2D eigenvalue weighted by molar-refractivity contribution is 5.78. The van der Waals surface area contributed by atoms with Crippen molar-refractivity contribution in [3.05, 3.63) is 42.0 Å². The summed E-state index contributed by atoms with van der Waals surface area (Å²) < 4.78 is 0. The van der Waals surface area contributed by atoms with Crippen molar-refractivity contribution in [1.82, 2.24) is 4.90 Å². The molecule has 2 rings (SSSR count). The zero-order valence-electron chi connectivity index (χ0n) is 13.9. The van der Waals surface area contributed by atoms with Gasteiger partial charge in [0.15, 0.2) is 0 Å². The molecule has 1 N–H and O–H groups in total. The number of likely N-dealkylation sites (tertiary alicyclic amines) is 1. The smallest absolute Gasteiger partial charge is 0.231 e. The molecule has 0 aliphatic carbocycles. The largest absolute Gasteiger partial charge is 0.343 e. The van der Waals surface area contributed by atoms with Crippen LogP contribution in [0.3, 0.4) is 0 Å². The van der Waals surface area contributed by atoms with Gasteiger partial charge in [0, 0.05) is 13.1 Å². The van der Waals surface area contributed by atoms with Gasteiger partial charge in [0.05, 0.1) is 25.6 Å². The van der Waals surface area contributed by atoms with Gasteiger partial charge in [-0.05, 0) is 38.3 Å². The molecular weight excluding hydrogens is 272 g/mol. The minimum Gasteiger partial charge on any atom is -0.343 e. The normalized spacial score (nSPS) is 21.9. The van der Waals surface area contributed by atoms with Crippen molar-refractivity contribution in [2.45, 2.75) is 26.7 Å². The molecule has 1 aliphatic heterocycles. The number of carbonyl (C=O) groups is 1. The molecule has 1 unspecified atom stereocenters. The van der Waals surface area contributed by atoms with Crippen LogP contribution in [0.2, 0.25) is 0 Å². The van der Waals surface area contributed by atoms with Gasteiger partial charge in [0.2, 0.25) is 5.91 Å². The fourth-order valence-electron chi connectivity index (χ4n) is 3.27. The Hall–Kier alpha value is -1.61. The van der Waals surface area contributed by atoms with E-state index in [-0.39, 0.29) is 5.92 Å². The number of piperidine rings is 1. The molecule has 2 atom stereocenters. The third kappa shape index (κ3) is 4.70. The summed E-state index contributed by atoms with van der Waals surface area (Å²) in [6.07, 6.45) is 6.64. The maximum Gasteiger partial charge on any atom is 0.231 e. The average Bonchev–Trinajstić information content (AvgIpc) is 2.57. The lowest BCUT2D eigenvalue weighted by Crippen LogP contribution is -3.13. The maximum absolute atomic E-state index is 12.5. The lowest BCUT2D eigenvalue weighted by Gasteiger charge is -2.31. The molecule has 1 heterocycles. The Balaban J connectivity index is 1.85. The fraction of sp³-hybridized carbons (Fsp3) is 0.526. The van der Waals surface area contributed by atoms with E-state index in [1.165, 1.54) is 17.0 Å². The van der Waals surface area contributed by atoms with Crippen LogP contribution in [0.25, 0.3) is 6.08 Å². The molecule has 3 heteroatoms. The van der Waals surface area contributed by atoms with Gasteiger partial charge in [0.1, 0.15) is 0 Å². The average molecular weight is 301 g/mol. The molecule has 1 aromatic rings. The van der Waals surface area contributed by atoms with Crippen LogP contribution >= 0.6 is 0 Å². The molecule has 0 bridgehead atoms. The van der Waals surface area contributed by atoms with Gasteiger partial charge in [-0.1, -0.05) is 36.4 Å². The molecule has 1 saturated heterocycles. The summed E-state index contributed by atoms with van der Waals surface area (Å²) in [5.41, 5.74) is 1.25. The van der Waals surface area contributed by atoms with Gasteiger partial charge >= 0.3 is 0 Å². The van der Waals surface area contributed by atoms with Crippen molar-refractivity contribution in [1.29, 1.82) is 0 Å². The number of nitrogens with zero attached hydrogens (tertiary/aromatic N) is 1. The van der Waals surface area contributed by atoms with E-state index in [4.69, 9.17) is 0 Å². The minimum atomic E-state index is 0.216. The second-order valence-corrected chi connectivity index (χ2v) is 6.07. The lowest BCUT2D eigenvalue weighted by molar-refractivity contribution is -0.901. The summed E-state index contributed by atoms with van der Waals surface area (Å²) in [5, 5.41) is 0. The summed E-state index contributed by atoms with van der Waals surface area (Å²) in [7, 11) is 0. The molecule has 22 heavy (non-hydrogen) atoms. The molecule has 1 aromatic carbocycles. The Morgan fingerprint density at radius 1 is 1.27 bits per heavy atom. The summed E-state index contributed by atoms with van der Waals surface area (Å²) in [6, 6.07) is 10.4. The van der Waals surface area contributed by atoms with E-state index in [0.717, 1.165) is 39.0 Å². The van der Waals surface area contributed by atoms with E-state index in [9.17, 15) is 4.79 Å². The predicted molar refractivity (Wildman–Crippen MR) is 91.7 cm³/mol. The summed E-state index contributed by atoms with van der Waals surface area (Å²) >= 11 is 0. The van der Waals surface area contributed by atoms with E-state index in [1.807, 2.05) is 11.0 Å². The topological polar surface area (TPSA) is 24.8 Å². The second-order valence-electron chi connectivity index (χ2n) is 6.07. The minimum absolute atomic E-state index is 0.216. The number of hydrogen-bond acceptors (Lipinski definition) is 1. The monoisotopic (exact) mass is 301 g/mol. The molecule has 0 spiro atoms. The van der Waals surface area contributed by atoms with Gasteiger partial charge in [-0.2, -0.15) is 0 Å². The Labute approximate surface area is 134 Å². The quantitative estimate of drug-likeness (QED) is 0.852. The Kier molecular flexibility index (Phi) is 6.66. The maximum atomic E-state index is 12.5. The standard InChI is InChI=1S/C19H28N2O/c1-3-21(4-2)19(22)18-13-9-15-20(16-18)14-8-12-17-10-6-5-7-11-17/h5-8,10-12,18H,3-4,9,13-16H2,1-2H3/p+1/t18-/m0/s1. The van der Waals surface area contributed by atoms with Crippen molar-refractivity contribution in [2.24, 2.45) is 5.92 Å². The number of benzene rings is 1. The van der Waals surface area contributed by atoms with E-state index < -0.39 is 0 Å². The molecule has 0 saturated carbocycles. The Morgan fingerprint density at radius 2 is 2.00 bits per heavy atom. The van der Waals surface area contributed by atoms with Crippen molar-refractivity contribution in [2.75, 3.05) is 32.7 Å². The zero-order valence-corrected chi connectivity index (χ0v) is 13.9. The van der Waals surface area contributed by atoms with Crippen LogP contribution < -0.4 is 4.90 Å². The van der Waals surface area contributed by atoms with Crippen LogP contribution in [-0.2, 0) is 4.79 Å². The number of quaternary nitrogens is 1. The Bertz CT molecular complexity index is 479. The van der Waals surface area contributed by atoms with E-state index in [2.05, 4.69) is 50.3 Å². The van der Waals surface area contributed by atoms with Gasteiger partial charge < -0.3 is 9.80 Å². The van der Waals surface area contributed by atoms with Gasteiger partial charge in [-0.3, -0.25) is 4.79 Å². The molecule has 3 nitrogen and oxygen atoms in total. The second kappa shape index (κ2) is 8.74. The highest BCUT2D eigenvalue weighted by Gasteiger charge is 2.30. The van der Waals surface area contributed by atoms with Crippen LogP contribution in [0.5, 0.6) is 0 Å². The van der Waals surface area contributed by atoms with Crippen LogP contribution in [0.1, 0.15) is 32.3 Å². The third-order valence-electron chi connectivity index (χ3n) is 4.56. The number of hydrogen-bond donors (Lipinski definition) is 1. The van der Waals surface area contributed by atoms with E-state index >= 15 is 0 Å². The fourth-order valence-corrected chi connectivity index (χ4v) is 3.27. The van der Waals surface area contributed by atoms with Crippen molar-refractivity contribution in [3.63, 3.8) is 0 Å². The Morgan fingerprint density at radius 3 is 2.68 bits per heavy atom. The molecule has 0 radical (unpaired) electrons. The first-order valence-corrected chi connectivity index (χ1v) is 8.58. The number of amides is 1. The highest BCUT2D eigenvalue weighted by Crippen LogP contribution is 2.11. The van der Waals surface area contributed by atoms with Crippen molar-refractivity contribution >= 4 is 12.0 Å². The van der Waals surface area contributed by atoms with Gasteiger partial charge in [0.25, 0.3) is 0 Å². The van der Waals surface area contributed by atoms with Crippen LogP contribution in [0.4, 0.5) is 0 Å². The molecule has 1 amide bonds. The first-order valence-electron chi connectivity index (χ1n) is 8.58. The SMILES string of the molecule is CCN(CC)C(=O)[C@H]1CCC[NH+](CC=Cc2ccccc2)C1. The van der Waals surface area contributed by atoms with Crippen molar-refractivity contribution < 1.29 is 9.69 Å². The highest BCUT2D eigenvalue weighted by atomic mass is 16.2. The molecule has 1 aliphatic rings. The number of carbonyl (C=O) groups excluding carboxylic acids is 1. The summed E-state index contributed by atoms with van der Waals surface area (Å²) in [4.78, 5) is 16.0. The number of rotatable bonds is 6. The lowest BCUT2D eigenvalue weighted by atomic mass is 9.96. The van der Waals surface area contributed by atoms with Crippen LogP contribution in [0.15, 0.2) is 36.4 Å². The molecule has 0 aromatic heterocycles. The third-order valence-corrected chi connectivity index (χ3v) is 4.56. The first-order chi connectivity index (χ1) is 10.7. The predicted octanol–water partition coefficient (Wildman–Crippen LogP) is 1.86. The van der Waals surface area contributed by atoms with E-state index in [1.54, 1.807) is 0 Å². The summed E-state index contributed by atoms with van der Waals surface area (Å²) in [5.74, 6) is 0.572. The van der Waals surface area contributed by atoms with Crippen molar-refractivity contribution in [3.8, 4) is 0 Å². The first kappa shape index (κ1) is 16.8. The van der Waals surface area contributed by atoms with Gasteiger partial charge in [-0.25, -0.2) is 0 Å². The van der Waals surface area contributed by atoms with Gasteiger partial charge in [-0.15, -0.1) is 0 Å². The van der Waals surface area contributed by atoms with E-state index in [0.29, 0.717) is 5.91 Å². The molecular formula is C19H29N2O+. The molecule has 120 valence electrons. The summed E-state index contributed by atoms with van der Waals surface area (Å²) in [6.45, 7) is 8.96. The number of nitrogens with one attached hydrogen (secondary N) is 1. The van der Waals surface area contributed by atoms with Crippen LogP contribution in [0, 0.1) is 5.92 Å². The molecule has 1 fully saturated rings. The van der Waals surface area contributed by atoms with Crippen LogP contribution in [-0.4, -0.2) is 43.5 Å².